The molecule has 0 spiro atoms. The quantitative estimate of drug-likeness (QED) is 0.767. The molecule has 0 aliphatic heterocycles. The maximum absolute atomic E-state index is 12.6. The minimum absolute atomic E-state index is 0.0410. The Morgan fingerprint density at radius 3 is 2.48 bits per heavy atom. The number of alkyl halides is 3. The number of carbonyl (C=O) groups is 1. The zero-order chi connectivity index (χ0) is 15.5. The number of rotatable bonds is 4. The van der Waals surface area contributed by atoms with Gasteiger partial charge in [0.05, 0.1) is 5.56 Å². The first kappa shape index (κ1) is 15.4. The Balaban J connectivity index is 2.10. The van der Waals surface area contributed by atoms with E-state index < -0.39 is 17.0 Å². The van der Waals surface area contributed by atoms with Crippen molar-refractivity contribution in [1.82, 2.24) is 0 Å². The van der Waals surface area contributed by atoms with Gasteiger partial charge in [-0.1, -0.05) is 24.3 Å². The van der Waals surface area contributed by atoms with Crippen LogP contribution in [0.15, 0.2) is 48.5 Å². The van der Waals surface area contributed by atoms with E-state index in [2.05, 4.69) is 0 Å². The summed E-state index contributed by atoms with van der Waals surface area (Å²) in [4.78, 5) is 11.0. The predicted octanol–water partition coefficient (Wildman–Crippen LogP) is 4.66. The fourth-order valence-electron chi connectivity index (χ4n) is 1.71. The molecule has 0 saturated carbocycles. The van der Waals surface area contributed by atoms with Crippen LogP contribution < -0.4 is 4.74 Å². The van der Waals surface area contributed by atoms with Crippen LogP contribution in [0.2, 0.25) is 0 Å². The number of carbonyl (C=O) groups excluding carboxylic acids is 1. The Morgan fingerprint density at radius 2 is 1.81 bits per heavy atom. The molecule has 0 heterocycles. The Hall–Kier alpha value is -2.01. The van der Waals surface area contributed by atoms with E-state index in [4.69, 9.17) is 16.3 Å². The number of ether oxygens (including phenoxy) is 1. The third kappa shape index (κ3) is 4.23. The summed E-state index contributed by atoms with van der Waals surface area (Å²) in [5.74, 6) is 0.104. The van der Waals surface area contributed by atoms with E-state index in [0.29, 0.717) is 11.1 Å². The monoisotopic (exact) mass is 314 g/mol. The molecule has 2 aromatic carbocycles. The number of benzene rings is 2. The fraction of sp³-hybridized carbons (Fsp3) is 0.133. The van der Waals surface area contributed by atoms with Crippen LogP contribution in [0.4, 0.5) is 13.2 Å². The molecular weight excluding hydrogens is 305 g/mol. The van der Waals surface area contributed by atoms with Gasteiger partial charge in [-0.3, -0.25) is 4.79 Å². The predicted molar refractivity (Wildman–Crippen MR) is 72.4 cm³/mol. The molecule has 0 bridgehead atoms. The van der Waals surface area contributed by atoms with Gasteiger partial charge in [-0.2, -0.15) is 13.2 Å². The minimum atomic E-state index is -4.41. The Morgan fingerprint density at radius 1 is 1.10 bits per heavy atom. The maximum atomic E-state index is 12.6. The lowest BCUT2D eigenvalue weighted by Gasteiger charge is -2.10. The second kappa shape index (κ2) is 6.18. The van der Waals surface area contributed by atoms with Crippen molar-refractivity contribution in [3.63, 3.8) is 0 Å². The van der Waals surface area contributed by atoms with Gasteiger partial charge in [0, 0.05) is 5.56 Å². The zero-order valence-electron chi connectivity index (χ0n) is 10.7. The maximum Gasteiger partial charge on any atom is 0.416 e. The standard InChI is InChI=1S/C15H10ClF3O2/c16-14(20)11-4-1-3-10(7-11)9-21-13-6-2-5-12(8-13)15(17,18)19/h1-8H,9H2. The van der Waals surface area contributed by atoms with E-state index in [1.54, 1.807) is 18.2 Å². The Bertz CT molecular complexity index is 653. The summed E-state index contributed by atoms with van der Waals surface area (Å²) in [5.41, 5.74) is 0.172. The van der Waals surface area contributed by atoms with Crippen molar-refractivity contribution < 1.29 is 22.7 Å². The topological polar surface area (TPSA) is 26.3 Å². The first-order valence-corrected chi connectivity index (χ1v) is 6.33. The van der Waals surface area contributed by atoms with Crippen LogP contribution in [0.1, 0.15) is 21.5 Å². The lowest BCUT2D eigenvalue weighted by Crippen LogP contribution is -2.05. The number of hydrogen-bond donors (Lipinski definition) is 0. The van der Waals surface area contributed by atoms with Gasteiger partial charge in [0.15, 0.2) is 0 Å². The highest BCUT2D eigenvalue weighted by Crippen LogP contribution is 2.31. The summed E-state index contributed by atoms with van der Waals surface area (Å²) in [6, 6.07) is 11.0. The molecule has 110 valence electrons. The van der Waals surface area contributed by atoms with Crippen LogP contribution in [0.3, 0.4) is 0 Å². The lowest BCUT2D eigenvalue weighted by atomic mass is 10.1. The van der Waals surface area contributed by atoms with Crippen molar-refractivity contribution in [2.24, 2.45) is 0 Å². The average Bonchev–Trinajstić information content (AvgIpc) is 2.45. The van der Waals surface area contributed by atoms with Gasteiger partial charge in [-0.15, -0.1) is 0 Å². The van der Waals surface area contributed by atoms with E-state index in [-0.39, 0.29) is 12.4 Å². The van der Waals surface area contributed by atoms with Crippen molar-refractivity contribution in [2.75, 3.05) is 0 Å². The molecule has 0 aliphatic carbocycles. The van der Waals surface area contributed by atoms with Gasteiger partial charge >= 0.3 is 6.18 Å². The molecule has 0 saturated heterocycles. The molecule has 2 rings (SSSR count). The minimum Gasteiger partial charge on any atom is -0.489 e. The Kier molecular flexibility index (Phi) is 4.53. The van der Waals surface area contributed by atoms with Gasteiger partial charge in [0.1, 0.15) is 12.4 Å². The van der Waals surface area contributed by atoms with Crippen molar-refractivity contribution in [3.05, 3.63) is 65.2 Å². The molecule has 0 radical (unpaired) electrons. The molecule has 0 amide bonds. The highest BCUT2D eigenvalue weighted by atomic mass is 35.5. The van der Waals surface area contributed by atoms with Gasteiger partial charge in [-0.05, 0) is 41.4 Å². The number of hydrogen-bond acceptors (Lipinski definition) is 2. The van der Waals surface area contributed by atoms with E-state index in [0.717, 1.165) is 12.1 Å². The third-order valence-corrected chi connectivity index (χ3v) is 2.94. The number of halogens is 4. The second-order valence-corrected chi connectivity index (χ2v) is 4.63. The van der Waals surface area contributed by atoms with Gasteiger partial charge in [0.25, 0.3) is 5.24 Å². The molecule has 2 nitrogen and oxygen atoms in total. The first-order chi connectivity index (χ1) is 9.86. The van der Waals surface area contributed by atoms with E-state index in [1.165, 1.54) is 18.2 Å². The fourth-order valence-corrected chi connectivity index (χ4v) is 1.83. The molecule has 0 unspecified atom stereocenters. The highest BCUT2D eigenvalue weighted by molar-refractivity contribution is 6.67. The van der Waals surface area contributed by atoms with E-state index in [9.17, 15) is 18.0 Å². The molecule has 6 heteroatoms. The summed E-state index contributed by atoms with van der Waals surface area (Å²) >= 11 is 5.36. The van der Waals surface area contributed by atoms with Crippen LogP contribution in [-0.2, 0) is 12.8 Å². The summed E-state index contributed by atoms with van der Waals surface area (Å²) < 4.78 is 43.0. The normalized spacial score (nSPS) is 11.2. The lowest BCUT2D eigenvalue weighted by molar-refractivity contribution is -0.137. The Labute approximate surface area is 124 Å². The molecule has 0 N–H and O–H groups in total. The molecule has 0 aliphatic rings. The summed E-state index contributed by atoms with van der Waals surface area (Å²) in [6.45, 7) is 0.0410. The van der Waals surface area contributed by atoms with Crippen molar-refractivity contribution >= 4 is 16.8 Å². The second-order valence-electron chi connectivity index (χ2n) is 4.29. The van der Waals surface area contributed by atoms with E-state index >= 15 is 0 Å². The highest BCUT2D eigenvalue weighted by Gasteiger charge is 2.30. The summed E-state index contributed by atoms with van der Waals surface area (Å²) in [6.07, 6.45) is -4.41. The molecule has 0 fully saturated rings. The van der Waals surface area contributed by atoms with E-state index in [1.807, 2.05) is 0 Å². The zero-order valence-corrected chi connectivity index (χ0v) is 11.4. The molecule has 2 aromatic rings. The largest absolute Gasteiger partial charge is 0.489 e. The summed E-state index contributed by atoms with van der Waals surface area (Å²) in [5, 5.41) is -0.601. The van der Waals surface area contributed by atoms with Gasteiger partial charge in [-0.25, -0.2) is 0 Å². The third-order valence-electron chi connectivity index (χ3n) is 2.72. The molecule has 0 aromatic heterocycles. The van der Waals surface area contributed by atoms with Crippen LogP contribution in [-0.4, -0.2) is 5.24 Å². The molecule has 0 atom stereocenters. The van der Waals surface area contributed by atoms with Crippen molar-refractivity contribution in [2.45, 2.75) is 12.8 Å². The smallest absolute Gasteiger partial charge is 0.416 e. The summed E-state index contributed by atoms with van der Waals surface area (Å²) in [7, 11) is 0. The molecular formula is C15H10ClF3O2. The SMILES string of the molecule is O=C(Cl)c1cccc(COc2cccc(C(F)(F)F)c2)c1. The average molecular weight is 315 g/mol. The van der Waals surface area contributed by atoms with Gasteiger partial charge in [0.2, 0.25) is 0 Å². The van der Waals surface area contributed by atoms with Crippen molar-refractivity contribution in [1.29, 1.82) is 0 Å². The van der Waals surface area contributed by atoms with Crippen LogP contribution >= 0.6 is 11.6 Å². The first-order valence-electron chi connectivity index (χ1n) is 5.95. The molecule has 21 heavy (non-hydrogen) atoms. The van der Waals surface area contributed by atoms with Crippen LogP contribution in [0.25, 0.3) is 0 Å². The van der Waals surface area contributed by atoms with Gasteiger partial charge < -0.3 is 4.74 Å². The van der Waals surface area contributed by atoms with Crippen LogP contribution in [0.5, 0.6) is 5.75 Å². The van der Waals surface area contributed by atoms with Crippen molar-refractivity contribution in [3.8, 4) is 5.75 Å². The van der Waals surface area contributed by atoms with Crippen LogP contribution in [0, 0.1) is 0 Å².